The zero-order valence-corrected chi connectivity index (χ0v) is 29.4. The Kier molecular flexibility index (Phi) is 15.3. The van der Waals surface area contributed by atoms with Gasteiger partial charge in [0.1, 0.15) is 17.7 Å². The Bertz CT molecular complexity index is 1480. The number of hydrogen-bond donors (Lipinski definition) is 2. The second kappa shape index (κ2) is 18.8. The van der Waals surface area contributed by atoms with Gasteiger partial charge in [-0.3, -0.25) is 24.3 Å². The van der Waals surface area contributed by atoms with Crippen molar-refractivity contribution in [3.8, 4) is 11.1 Å². The first kappa shape index (κ1) is 38.1. The fraction of sp³-hybridized carbons (Fsp3) is 0.421. The molecule has 1 unspecified atom stereocenters. The second-order valence-electron chi connectivity index (χ2n) is 12.5. The minimum atomic E-state index is -0.755. The number of carbonyl (C=O) groups is 3. The highest BCUT2D eigenvalue weighted by Crippen LogP contribution is 2.41. The molecular weight excluding hydrogens is 633 g/mol. The third-order valence-corrected chi connectivity index (χ3v) is 9.07. The van der Waals surface area contributed by atoms with Crippen LogP contribution in [0.1, 0.15) is 92.7 Å². The van der Waals surface area contributed by atoms with Crippen molar-refractivity contribution in [1.29, 1.82) is 0 Å². The van der Waals surface area contributed by atoms with Crippen molar-refractivity contribution in [3.05, 3.63) is 93.5 Å². The lowest BCUT2D eigenvalue weighted by atomic mass is 9.85. The molecule has 0 heterocycles. The Balaban J connectivity index is 0.000000771. The minimum Gasteiger partial charge on any atom is -0.481 e. The van der Waals surface area contributed by atoms with Crippen LogP contribution < -0.4 is 5.32 Å². The maximum absolute atomic E-state index is 12.6. The lowest BCUT2D eigenvalue weighted by molar-refractivity contribution is -0.136. The van der Waals surface area contributed by atoms with Crippen LogP contribution in [0.5, 0.6) is 0 Å². The van der Waals surface area contributed by atoms with Crippen LogP contribution in [0.25, 0.3) is 11.1 Å². The summed E-state index contributed by atoms with van der Waals surface area (Å²) >= 11 is 12.5. The second-order valence-corrected chi connectivity index (χ2v) is 13.4. The van der Waals surface area contributed by atoms with Crippen molar-refractivity contribution in [2.24, 2.45) is 10.9 Å². The van der Waals surface area contributed by atoms with E-state index in [9.17, 15) is 14.4 Å². The van der Waals surface area contributed by atoms with Gasteiger partial charge in [-0.1, -0.05) is 85.9 Å². The predicted octanol–water partition coefficient (Wildman–Crippen LogP) is 8.91. The van der Waals surface area contributed by atoms with E-state index in [1.165, 1.54) is 5.56 Å². The molecule has 1 atom stereocenters. The number of carboxylic acids is 1. The molecule has 9 heteroatoms. The van der Waals surface area contributed by atoms with E-state index in [-0.39, 0.29) is 12.5 Å². The number of carboxylic acid groups (broad SMARTS) is 1. The first-order valence-electron chi connectivity index (χ1n) is 16.3. The largest absolute Gasteiger partial charge is 0.481 e. The van der Waals surface area contributed by atoms with Gasteiger partial charge in [-0.05, 0) is 99.5 Å². The van der Waals surface area contributed by atoms with Crippen LogP contribution in [0.15, 0.2) is 71.7 Å². The van der Waals surface area contributed by atoms with Gasteiger partial charge < -0.3 is 10.4 Å². The summed E-state index contributed by atoms with van der Waals surface area (Å²) in [6, 6.07) is 21.3. The SMILES string of the molecule is CC(C)CCC(c1ccc(C=O)cc1)N(C)C1(/N=C(\C=O)c2cccc(-c3cc(Cl)cc(Cl)c3)c2)CCCCC1.CNCCC(=O)O. The molecule has 0 radical (unpaired) electrons. The number of carbonyl (C=O) groups excluding carboxylic acids is 2. The number of hydrogen-bond acceptors (Lipinski definition) is 6. The Labute approximate surface area is 289 Å². The molecule has 0 amide bonds. The van der Waals surface area contributed by atoms with Crippen LogP contribution in [-0.2, 0) is 9.59 Å². The molecule has 0 aliphatic heterocycles. The van der Waals surface area contributed by atoms with Gasteiger partial charge in [0.05, 0.1) is 6.42 Å². The summed E-state index contributed by atoms with van der Waals surface area (Å²) in [7, 11) is 3.88. The molecule has 0 bridgehead atoms. The quantitative estimate of drug-likeness (QED) is 0.130. The van der Waals surface area contributed by atoms with Crippen LogP contribution in [0.4, 0.5) is 0 Å². The van der Waals surface area contributed by atoms with E-state index in [2.05, 4.69) is 43.2 Å². The predicted molar refractivity (Wildman–Crippen MR) is 193 cm³/mol. The van der Waals surface area contributed by atoms with Crippen molar-refractivity contribution < 1.29 is 19.5 Å². The van der Waals surface area contributed by atoms with E-state index in [0.717, 1.165) is 74.2 Å². The molecule has 1 fully saturated rings. The number of nitrogens with one attached hydrogen (secondary N) is 1. The van der Waals surface area contributed by atoms with Crippen molar-refractivity contribution in [2.75, 3.05) is 20.6 Å². The van der Waals surface area contributed by atoms with Crippen molar-refractivity contribution in [2.45, 2.75) is 76.9 Å². The molecule has 0 aromatic heterocycles. The molecule has 2 N–H and O–H groups in total. The molecule has 3 aromatic rings. The number of aliphatic carboxylic acids is 1. The molecule has 1 aliphatic rings. The van der Waals surface area contributed by atoms with Crippen LogP contribution >= 0.6 is 23.2 Å². The number of rotatable bonds is 14. The summed E-state index contributed by atoms with van der Waals surface area (Å²) in [5.41, 5.74) is 4.37. The maximum Gasteiger partial charge on any atom is 0.304 e. The lowest BCUT2D eigenvalue weighted by Gasteiger charge is -2.46. The van der Waals surface area contributed by atoms with Crippen LogP contribution in [0.2, 0.25) is 10.0 Å². The highest BCUT2D eigenvalue weighted by atomic mass is 35.5. The van der Waals surface area contributed by atoms with Crippen molar-refractivity contribution in [1.82, 2.24) is 10.2 Å². The average molecular weight is 681 g/mol. The Morgan fingerprint density at radius 3 is 2.15 bits per heavy atom. The summed E-state index contributed by atoms with van der Waals surface area (Å²) in [5, 5.41) is 11.8. The molecule has 0 spiro atoms. The van der Waals surface area contributed by atoms with Crippen molar-refractivity contribution in [3.63, 3.8) is 0 Å². The number of aliphatic imine (C=N–C) groups is 1. The summed E-state index contributed by atoms with van der Waals surface area (Å²) in [4.78, 5) is 41.3. The van der Waals surface area contributed by atoms with Crippen LogP contribution in [0.3, 0.4) is 0 Å². The highest BCUT2D eigenvalue weighted by Gasteiger charge is 2.40. The van der Waals surface area contributed by atoms with Gasteiger partial charge >= 0.3 is 5.97 Å². The minimum absolute atomic E-state index is 0.109. The number of nitrogens with zero attached hydrogens (tertiary/aromatic N) is 2. The zero-order chi connectivity index (χ0) is 34.4. The van der Waals surface area contributed by atoms with E-state index < -0.39 is 11.6 Å². The number of aldehydes is 2. The fourth-order valence-corrected chi connectivity index (χ4v) is 6.54. The van der Waals surface area contributed by atoms with Crippen LogP contribution in [-0.4, -0.2) is 60.6 Å². The van der Waals surface area contributed by atoms with Crippen LogP contribution in [0, 0.1) is 5.92 Å². The molecule has 0 saturated heterocycles. The van der Waals surface area contributed by atoms with Gasteiger partial charge in [-0.25, -0.2) is 0 Å². The third-order valence-electron chi connectivity index (χ3n) is 8.64. The third kappa shape index (κ3) is 11.4. The molecule has 1 saturated carbocycles. The Hall–Kier alpha value is -3.36. The van der Waals surface area contributed by atoms with Gasteiger partial charge in [0.15, 0.2) is 6.29 Å². The summed E-state index contributed by atoms with van der Waals surface area (Å²) < 4.78 is 0. The Morgan fingerprint density at radius 2 is 1.62 bits per heavy atom. The molecule has 1 aliphatic carbocycles. The first-order chi connectivity index (χ1) is 22.5. The smallest absolute Gasteiger partial charge is 0.304 e. The van der Waals surface area contributed by atoms with E-state index in [4.69, 9.17) is 33.3 Å². The summed E-state index contributed by atoms with van der Waals surface area (Å²) in [5.74, 6) is -0.196. The summed E-state index contributed by atoms with van der Waals surface area (Å²) in [6.45, 7) is 5.03. The Morgan fingerprint density at radius 1 is 0.957 bits per heavy atom. The van der Waals surface area contributed by atoms with Gasteiger partial charge in [0.2, 0.25) is 0 Å². The molecule has 4 rings (SSSR count). The van der Waals surface area contributed by atoms with E-state index in [0.29, 0.717) is 33.8 Å². The zero-order valence-electron chi connectivity index (χ0n) is 27.8. The van der Waals surface area contributed by atoms with Gasteiger partial charge in [-0.2, -0.15) is 0 Å². The average Bonchev–Trinajstić information content (AvgIpc) is 3.06. The lowest BCUT2D eigenvalue weighted by Crippen LogP contribution is -2.49. The topological polar surface area (TPSA) is 99.1 Å². The maximum atomic E-state index is 12.6. The fourth-order valence-electron chi connectivity index (χ4n) is 6.02. The number of halogens is 2. The highest BCUT2D eigenvalue weighted by molar-refractivity contribution is 6.37. The standard InChI is InChI=1S/C34H38Cl2N2O2.C4H9NO2/c1-24(2)10-15-33(26-13-11-25(22-39)12-14-26)38(3)34(16-5-4-6-17-34)37-32(23-40)28-9-7-8-27(18-28)29-19-30(35)21-31(36)20-29;1-5-3-2-4(6)7/h7-9,11-14,18-24,33H,4-6,10,15-17H2,1-3H3;5H,2-3H2,1H3,(H,6,7)/b37-32+;. The van der Waals surface area contributed by atoms with E-state index in [1.54, 1.807) is 13.1 Å². The van der Waals surface area contributed by atoms with Gasteiger partial charge in [0.25, 0.3) is 0 Å². The molecule has 7 nitrogen and oxygen atoms in total. The van der Waals surface area contributed by atoms with Crippen molar-refractivity contribution >= 4 is 47.5 Å². The molecular formula is C38H47Cl2N3O4. The van der Waals surface area contributed by atoms with E-state index in [1.807, 2.05) is 48.5 Å². The van der Waals surface area contributed by atoms with Gasteiger partial charge in [0, 0.05) is 33.8 Å². The number of benzene rings is 3. The molecule has 47 heavy (non-hydrogen) atoms. The summed E-state index contributed by atoms with van der Waals surface area (Å²) in [6.07, 6.45) is 9.05. The first-order valence-corrected chi connectivity index (χ1v) is 17.0. The molecule has 252 valence electrons. The normalized spacial score (nSPS) is 15.1. The van der Waals surface area contributed by atoms with Gasteiger partial charge in [-0.15, -0.1) is 0 Å². The molecule has 3 aromatic carbocycles. The van der Waals surface area contributed by atoms with E-state index >= 15 is 0 Å². The monoisotopic (exact) mass is 679 g/mol.